The second kappa shape index (κ2) is 6.05. The summed E-state index contributed by atoms with van der Waals surface area (Å²) < 4.78 is 31.2. The first kappa shape index (κ1) is 14.3. The number of aliphatic hydroxyl groups is 1. The van der Waals surface area contributed by atoms with E-state index in [-0.39, 0.29) is 0 Å². The second-order valence-electron chi connectivity index (χ2n) is 3.72. The van der Waals surface area contributed by atoms with Crippen LogP contribution in [0.25, 0.3) is 0 Å². The van der Waals surface area contributed by atoms with Crippen molar-refractivity contribution in [1.82, 2.24) is 0 Å². The minimum Gasteiger partial charge on any atom is -0.746 e. The highest BCUT2D eigenvalue weighted by molar-refractivity contribution is 7.86. The minimum atomic E-state index is -4.63. The predicted octanol–water partition coefficient (Wildman–Crippen LogP) is 1.54. The van der Waals surface area contributed by atoms with E-state index in [2.05, 4.69) is 0 Å². The Morgan fingerprint density at radius 3 is 2.33 bits per heavy atom. The summed E-state index contributed by atoms with van der Waals surface area (Å²) in [5, 5.41) is 8.97. The fourth-order valence-corrected chi connectivity index (χ4v) is 1.40. The Labute approximate surface area is 91.1 Å². The van der Waals surface area contributed by atoms with Gasteiger partial charge in [-0.15, -0.1) is 0 Å². The molecule has 0 radical (unpaired) electrons. The van der Waals surface area contributed by atoms with Gasteiger partial charge in [-0.05, 0) is 39.7 Å². The van der Waals surface area contributed by atoms with E-state index in [1.807, 2.05) is 19.9 Å². The highest BCUT2D eigenvalue weighted by atomic mass is 32.2. The number of allylic oxidation sites excluding steroid dienone is 3. The van der Waals surface area contributed by atoms with Gasteiger partial charge in [0, 0.05) is 0 Å². The van der Waals surface area contributed by atoms with Gasteiger partial charge in [0.25, 0.3) is 0 Å². The van der Waals surface area contributed by atoms with Gasteiger partial charge in [0.15, 0.2) is 5.44 Å². The quantitative estimate of drug-likeness (QED) is 0.577. The Morgan fingerprint density at radius 2 is 1.93 bits per heavy atom. The van der Waals surface area contributed by atoms with Crippen molar-refractivity contribution in [1.29, 1.82) is 0 Å². The third-order valence-electron chi connectivity index (χ3n) is 1.81. The van der Waals surface area contributed by atoms with Crippen molar-refractivity contribution in [3.63, 3.8) is 0 Å². The molecule has 0 saturated heterocycles. The van der Waals surface area contributed by atoms with E-state index >= 15 is 0 Å². The molecule has 1 N–H and O–H groups in total. The standard InChI is InChI=1S/C10H18O4S/c1-8(2)5-4-6-9(3)7-10(11)15(12,13)14/h5,7,10-11H,4,6H2,1-3H3,(H,12,13,14)/p-1/b9-7+. The molecule has 0 aromatic rings. The lowest BCUT2D eigenvalue weighted by molar-refractivity contribution is 0.271. The first-order valence-corrected chi connectivity index (χ1v) is 6.14. The third-order valence-corrected chi connectivity index (χ3v) is 2.54. The number of hydrogen-bond acceptors (Lipinski definition) is 4. The van der Waals surface area contributed by atoms with E-state index in [9.17, 15) is 13.0 Å². The van der Waals surface area contributed by atoms with Crippen molar-refractivity contribution >= 4 is 10.1 Å². The predicted molar refractivity (Wildman–Crippen MR) is 58.1 cm³/mol. The molecule has 0 bridgehead atoms. The molecule has 0 rings (SSSR count). The maximum atomic E-state index is 10.4. The molecular formula is C10H17O4S-. The van der Waals surface area contributed by atoms with Gasteiger partial charge < -0.3 is 9.66 Å². The van der Waals surface area contributed by atoms with E-state index in [1.165, 1.54) is 5.57 Å². The van der Waals surface area contributed by atoms with Crippen LogP contribution in [-0.2, 0) is 10.1 Å². The maximum Gasteiger partial charge on any atom is 0.162 e. The van der Waals surface area contributed by atoms with Gasteiger partial charge in [-0.1, -0.05) is 17.2 Å². The van der Waals surface area contributed by atoms with Crippen molar-refractivity contribution in [2.45, 2.75) is 39.0 Å². The smallest absolute Gasteiger partial charge is 0.162 e. The zero-order valence-corrected chi connectivity index (χ0v) is 10.0. The average molecular weight is 233 g/mol. The van der Waals surface area contributed by atoms with Crippen molar-refractivity contribution in [2.24, 2.45) is 0 Å². The third kappa shape index (κ3) is 7.30. The maximum absolute atomic E-state index is 10.4. The van der Waals surface area contributed by atoms with Crippen molar-refractivity contribution < 1.29 is 18.1 Å². The zero-order valence-electron chi connectivity index (χ0n) is 9.23. The molecule has 15 heavy (non-hydrogen) atoms. The lowest BCUT2D eigenvalue weighted by atomic mass is 10.1. The van der Waals surface area contributed by atoms with Gasteiger partial charge in [0.1, 0.15) is 10.1 Å². The van der Waals surface area contributed by atoms with Crippen LogP contribution in [0.3, 0.4) is 0 Å². The average Bonchev–Trinajstić information content (AvgIpc) is 2.01. The number of aliphatic hydroxyl groups excluding tert-OH is 1. The normalized spacial score (nSPS) is 14.9. The van der Waals surface area contributed by atoms with Crippen LogP contribution in [0, 0.1) is 0 Å². The molecule has 0 aliphatic carbocycles. The lowest BCUT2D eigenvalue weighted by Gasteiger charge is -2.11. The van der Waals surface area contributed by atoms with Crippen LogP contribution in [0.15, 0.2) is 23.3 Å². The van der Waals surface area contributed by atoms with Crippen LogP contribution in [0.1, 0.15) is 33.6 Å². The van der Waals surface area contributed by atoms with E-state index < -0.39 is 15.6 Å². The highest BCUT2D eigenvalue weighted by Gasteiger charge is 2.07. The molecule has 5 heteroatoms. The van der Waals surface area contributed by atoms with Crippen molar-refractivity contribution in [3.05, 3.63) is 23.3 Å². The summed E-state index contributed by atoms with van der Waals surface area (Å²) >= 11 is 0. The Kier molecular flexibility index (Phi) is 5.79. The molecule has 0 amide bonds. The Morgan fingerprint density at radius 1 is 1.40 bits per heavy atom. The number of hydrogen-bond donors (Lipinski definition) is 1. The summed E-state index contributed by atoms with van der Waals surface area (Å²) in [6, 6.07) is 0. The van der Waals surface area contributed by atoms with Gasteiger partial charge >= 0.3 is 0 Å². The molecule has 1 atom stereocenters. The van der Waals surface area contributed by atoms with Crippen LogP contribution < -0.4 is 0 Å². The fourth-order valence-electron chi connectivity index (χ4n) is 0.999. The molecule has 1 unspecified atom stereocenters. The van der Waals surface area contributed by atoms with Gasteiger partial charge in [-0.25, -0.2) is 8.42 Å². The molecule has 0 fully saturated rings. The summed E-state index contributed by atoms with van der Waals surface area (Å²) in [6.07, 6.45) is 4.50. The first-order valence-electron chi connectivity index (χ1n) is 4.67. The van der Waals surface area contributed by atoms with Crippen LogP contribution in [0.4, 0.5) is 0 Å². The Balaban J connectivity index is 4.28. The SMILES string of the molecule is CC(C)=CCC/C(C)=C/C(O)S(=O)(=O)[O-]. The van der Waals surface area contributed by atoms with Crippen molar-refractivity contribution in [2.75, 3.05) is 0 Å². The summed E-state index contributed by atoms with van der Waals surface area (Å²) in [7, 11) is -4.63. The van der Waals surface area contributed by atoms with E-state index in [1.54, 1.807) is 6.92 Å². The summed E-state index contributed by atoms with van der Waals surface area (Å²) in [4.78, 5) is 0. The van der Waals surface area contributed by atoms with Crippen LogP contribution >= 0.6 is 0 Å². The largest absolute Gasteiger partial charge is 0.746 e. The molecule has 0 aromatic heterocycles. The zero-order chi connectivity index (χ0) is 12.1. The molecule has 0 aliphatic rings. The van der Waals surface area contributed by atoms with Crippen LogP contribution in [0.5, 0.6) is 0 Å². The summed E-state index contributed by atoms with van der Waals surface area (Å²) in [5.74, 6) is 0. The van der Waals surface area contributed by atoms with E-state index in [0.717, 1.165) is 12.5 Å². The Hall–Kier alpha value is -0.650. The fraction of sp³-hybridized carbons (Fsp3) is 0.600. The lowest BCUT2D eigenvalue weighted by Crippen LogP contribution is -2.17. The molecule has 0 saturated carbocycles. The molecule has 0 heterocycles. The molecule has 4 nitrogen and oxygen atoms in total. The topological polar surface area (TPSA) is 77.4 Å². The molecular weight excluding hydrogens is 216 g/mol. The van der Waals surface area contributed by atoms with Crippen molar-refractivity contribution in [3.8, 4) is 0 Å². The second-order valence-corrected chi connectivity index (χ2v) is 5.19. The molecule has 88 valence electrons. The van der Waals surface area contributed by atoms with Gasteiger partial charge in [-0.2, -0.15) is 0 Å². The van der Waals surface area contributed by atoms with Gasteiger partial charge in [0.2, 0.25) is 0 Å². The molecule has 0 aliphatic heterocycles. The van der Waals surface area contributed by atoms with Gasteiger partial charge in [-0.3, -0.25) is 0 Å². The number of rotatable bonds is 5. The first-order chi connectivity index (χ1) is 6.73. The van der Waals surface area contributed by atoms with E-state index in [0.29, 0.717) is 12.0 Å². The summed E-state index contributed by atoms with van der Waals surface area (Å²) in [6.45, 7) is 5.62. The summed E-state index contributed by atoms with van der Waals surface area (Å²) in [5.41, 5.74) is -0.0524. The highest BCUT2D eigenvalue weighted by Crippen LogP contribution is 2.09. The van der Waals surface area contributed by atoms with E-state index in [4.69, 9.17) is 5.11 Å². The van der Waals surface area contributed by atoms with Crippen LogP contribution in [0.2, 0.25) is 0 Å². The Bertz CT molecular complexity index is 348. The van der Waals surface area contributed by atoms with Crippen LogP contribution in [-0.4, -0.2) is 23.5 Å². The molecule has 0 aromatic carbocycles. The van der Waals surface area contributed by atoms with Gasteiger partial charge in [0.05, 0.1) is 0 Å². The molecule has 0 spiro atoms. The minimum absolute atomic E-state index is 0.637. The monoisotopic (exact) mass is 233 g/mol.